The van der Waals surface area contributed by atoms with Crippen LogP contribution in [0, 0.1) is 11.8 Å². The molecule has 2 aliphatic rings. The number of rotatable bonds is 6. The molecule has 0 aromatic rings. The van der Waals surface area contributed by atoms with Crippen LogP contribution in [-0.2, 0) is 4.79 Å². The lowest BCUT2D eigenvalue weighted by Gasteiger charge is -2.26. The van der Waals surface area contributed by atoms with Crippen molar-refractivity contribution < 1.29 is 9.90 Å². The van der Waals surface area contributed by atoms with Gasteiger partial charge >= 0.3 is 0 Å². The molecule has 24 heavy (non-hydrogen) atoms. The Labute approximate surface area is 146 Å². The van der Waals surface area contributed by atoms with Gasteiger partial charge in [-0.25, -0.2) is 0 Å². The average molecular weight is 338 g/mol. The molecule has 0 aromatic heterocycles. The highest BCUT2D eigenvalue weighted by Gasteiger charge is 2.31. The van der Waals surface area contributed by atoms with Crippen LogP contribution >= 0.6 is 0 Å². The minimum atomic E-state index is 0.149. The quantitative estimate of drug-likeness (QED) is 0.505. The summed E-state index contributed by atoms with van der Waals surface area (Å²) < 4.78 is 0. The molecule has 0 radical (unpaired) electrons. The largest absolute Gasteiger partial charge is 0.396 e. The maximum Gasteiger partial charge on any atom is 0.225 e. The SMILES string of the molecule is CCNC(=NCC(C)CO)NC1CCN(C(=O)C2CCCCC2)C1. The molecule has 1 saturated carbocycles. The van der Waals surface area contributed by atoms with Crippen molar-refractivity contribution in [2.24, 2.45) is 16.8 Å². The van der Waals surface area contributed by atoms with Gasteiger partial charge in [0.1, 0.15) is 0 Å². The zero-order valence-corrected chi connectivity index (χ0v) is 15.3. The molecular weight excluding hydrogens is 304 g/mol. The second-order valence-corrected chi connectivity index (χ2v) is 7.26. The first-order valence-electron chi connectivity index (χ1n) is 9.58. The monoisotopic (exact) mass is 338 g/mol. The number of guanidine groups is 1. The summed E-state index contributed by atoms with van der Waals surface area (Å²) in [6.07, 6.45) is 6.78. The van der Waals surface area contributed by atoms with E-state index in [-0.39, 0.29) is 24.5 Å². The third kappa shape index (κ3) is 5.65. The molecule has 1 aliphatic heterocycles. The van der Waals surface area contributed by atoms with Crippen LogP contribution in [0.4, 0.5) is 0 Å². The Hall–Kier alpha value is -1.30. The normalized spacial score (nSPS) is 24.0. The van der Waals surface area contributed by atoms with E-state index in [1.54, 1.807) is 0 Å². The molecule has 1 amide bonds. The van der Waals surface area contributed by atoms with Crippen LogP contribution in [0.15, 0.2) is 4.99 Å². The van der Waals surface area contributed by atoms with Crippen LogP contribution < -0.4 is 10.6 Å². The Morgan fingerprint density at radius 2 is 2.04 bits per heavy atom. The highest BCUT2D eigenvalue weighted by atomic mass is 16.3. The summed E-state index contributed by atoms with van der Waals surface area (Å²) in [4.78, 5) is 19.2. The minimum absolute atomic E-state index is 0.149. The number of carbonyl (C=O) groups excluding carboxylic acids is 1. The van der Waals surface area contributed by atoms with Gasteiger partial charge in [-0.2, -0.15) is 0 Å². The highest BCUT2D eigenvalue weighted by Crippen LogP contribution is 2.26. The fraction of sp³-hybridized carbons (Fsp3) is 0.889. The zero-order valence-electron chi connectivity index (χ0n) is 15.3. The Bertz CT molecular complexity index is 421. The van der Waals surface area contributed by atoms with Crippen molar-refractivity contribution in [3.63, 3.8) is 0 Å². The summed E-state index contributed by atoms with van der Waals surface area (Å²) in [7, 11) is 0. The highest BCUT2D eigenvalue weighted by molar-refractivity contribution is 5.81. The topological polar surface area (TPSA) is 77.0 Å². The third-order valence-electron chi connectivity index (χ3n) is 5.01. The van der Waals surface area contributed by atoms with Crippen LogP contribution in [0.25, 0.3) is 0 Å². The molecule has 6 nitrogen and oxygen atoms in total. The lowest BCUT2D eigenvalue weighted by Crippen LogP contribution is -2.45. The van der Waals surface area contributed by atoms with E-state index in [2.05, 4.69) is 15.6 Å². The Balaban J connectivity index is 1.83. The van der Waals surface area contributed by atoms with Gasteiger partial charge in [0.05, 0.1) is 0 Å². The number of amides is 1. The number of aliphatic hydroxyl groups excluding tert-OH is 1. The van der Waals surface area contributed by atoms with Gasteiger partial charge in [-0.3, -0.25) is 9.79 Å². The van der Waals surface area contributed by atoms with Gasteiger partial charge in [-0.1, -0.05) is 26.2 Å². The van der Waals surface area contributed by atoms with Crippen molar-refractivity contribution in [3.8, 4) is 0 Å². The first-order valence-corrected chi connectivity index (χ1v) is 9.58. The molecule has 1 saturated heterocycles. The number of likely N-dealkylation sites (tertiary alicyclic amines) is 1. The zero-order chi connectivity index (χ0) is 17.4. The molecular formula is C18H34N4O2. The van der Waals surface area contributed by atoms with Crippen LogP contribution in [0.5, 0.6) is 0 Å². The number of hydrogen-bond acceptors (Lipinski definition) is 3. The lowest BCUT2D eigenvalue weighted by molar-refractivity contribution is -0.135. The molecule has 1 heterocycles. The predicted molar refractivity (Wildman–Crippen MR) is 96.9 cm³/mol. The number of hydrogen-bond donors (Lipinski definition) is 3. The van der Waals surface area contributed by atoms with Crippen molar-refractivity contribution in [3.05, 3.63) is 0 Å². The summed E-state index contributed by atoms with van der Waals surface area (Å²) in [5.74, 6) is 1.56. The fourth-order valence-electron chi connectivity index (χ4n) is 3.50. The van der Waals surface area contributed by atoms with Gasteiger partial charge in [0.25, 0.3) is 0 Å². The first-order chi connectivity index (χ1) is 11.6. The van der Waals surface area contributed by atoms with Crippen molar-refractivity contribution in [2.75, 3.05) is 32.8 Å². The van der Waals surface area contributed by atoms with Crippen LogP contribution in [0.1, 0.15) is 52.4 Å². The Morgan fingerprint density at radius 3 is 2.71 bits per heavy atom. The lowest BCUT2D eigenvalue weighted by atomic mass is 9.88. The second-order valence-electron chi connectivity index (χ2n) is 7.26. The summed E-state index contributed by atoms with van der Waals surface area (Å²) in [6.45, 7) is 7.19. The Morgan fingerprint density at radius 1 is 1.29 bits per heavy atom. The van der Waals surface area contributed by atoms with E-state index < -0.39 is 0 Å². The molecule has 0 bridgehead atoms. The van der Waals surface area contributed by atoms with E-state index in [1.165, 1.54) is 19.3 Å². The molecule has 0 spiro atoms. The van der Waals surface area contributed by atoms with Crippen molar-refractivity contribution >= 4 is 11.9 Å². The maximum absolute atomic E-state index is 12.6. The molecule has 3 N–H and O–H groups in total. The van der Waals surface area contributed by atoms with Gasteiger partial charge in [0, 0.05) is 44.7 Å². The van der Waals surface area contributed by atoms with Crippen molar-refractivity contribution in [2.45, 2.75) is 58.4 Å². The van der Waals surface area contributed by atoms with E-state index in [9.17, 15) is 4.79 Å². The van der Waals surface area contributed by atoms with Gasteiger partial charge in [0.2, 0.25) is 5.91 Å². The number of nitrogens with one attached hydrogen (secondary N) is 2. The van der Waals surface area contributed by atoms with Gasteiger partial charge in [0.15, 0.2) is 5.96 Å². The van der Waals surface area contributed by atoms with Crippen LogP contribution in [0.3, 0.4) is 0 Å². The molecule has 6 heteroatoms. The Kier molecular flexibility index (Phi) is 7.82. The predicted octanol–water partition coefficient (Wildman–Crippen LogP) is 1.35. The van der Waals surface area contributed by atoms with E-state index in [1.807, 2.05) is 18.7 Å². The van der Waals surface area contributed by atoms with Gasteiger partial charge in [-0.15, -0.1) is 0 Å². The van der Waals surface area contributed by atoms with Crippen molar-refractivity contribution in [1.29, 1.82) is 0 Å². The number of carbonyl (C=O) groups is 1. The van der Waals surface area contributed by atoms with E-state index in [0.717, 1.165) is 44.9 Å². The summed E-state index contributed by atoms with van der Waals surface area (Å²) >= 11 is 0. The number of aliphatic hydroxyl groups is 1. The summed E-state index contributed by atoms with van der Waals surface area (Å²) in [5, 5.41) is 15.8. The average Bonchev–Trinajstić information content (AvgIpc) is 3.08. The van der Waals surface area contributed by atoms with Gasteiger partial charge < -0.3 is 20.6 Å². The molecule has 2 atom stereocenters. The number of nitrogens with zero attached hydrogens (tertiary/aromatic N) is 2. The van der Waals surface area contributed by atoms with E-state index >= 15 is 0 Å². The maximum atomic E-state index is 12.6. The standard InChI is InChI=1S/C18H34N4O2/c1-3-19-18(20-11-14(2)13-23)21-16-9-10-22(12-16)17(24)15-7-5-4-6-8-15/h14-16,23H,3-13H2,1-2H3,(H2,19,20,21). The van der Waals surface area contributed by atoms with Crippen LogP contribution in [-0.4, -0.2) is 60.7 Å². The molecule has 1 aliphatic carbocycles. The van der Waals surface area contributed by atoms with E-state index in [4.69, 9.17) is 5.11 Å². The smallest absolute Gasteiger partial charge is 0.225 e. The molecule has 138 valence electrons. The first kappa shape index (κ1) is 19.0. The second kappa shape index (κ2) is 9.87. The summed E-state index contributed by atoms with van der Waals surface area (Å²) in [5.41, 5.74) is 0. The van der Waals surface area contributed by atoms with Crippen LogP contribution in [0.2, 0.25) is 0 Å². The molecule has 2 unspecified atom stereocenters. The molecule has 0 aromatic carbocycles. The fourth-order valence-corrected chi connectivity index (χ4v) is 3.50. The molecule has 2 rings (SSSR count). The number of aliphatic imine (C=N–C) groups is 1. The van der Waals surface area contributed by atoms with Gasteiger partial charge in [-0.05, 0) is 32.1 Å². The minimum Gasteiger partial charge on any atom is -0.396 e. The van der Waals surface area contributed by atoms with E-state index in [0.29, 0.717) is 12.5 Å². The molecule has 2 fully saturated rings. The van der Waals surface area contributed by atoms with Crippen molar-refractivity contribution in [1.82, 2.24) is 15.5 Å². The summed E-state index contributed by atoms with van der Waals surface area (Å²) in [6, 6.07) is 0.264. The third-order valence-corrected chi connectivity index (χ3v) is 5.01.